The second kappa shape index (κ2) is 17.0. The Balaban J connectivity index is 1.57. The van der Waals surface area contributed by atoms with E-state index in [-0.39, 0.29) is 54.2 Å². The molecule has 3 aliphatic carbocycles. The number of aliphatic hydroxyl groups excluding tert-OH is 1. The molecule has 0 heterocycles. The zero-order valence-electron chi connectivity index (χ0n) is 32.2. The van der Waals surface area contributed by atoms with Crippen LogP contribution in [0.25, 0.3) is 6.08 Å². The van der Waals surface area contributed by atoms with Crippen molar-refractivity contribution in [2.75, 3.05) is 14.1 Å². The van der Waals surface area contributed by atoms with Gasteiger partial charge in [0.15, 0.2) is 46.2 Å². The predicted molar refractivity (Wildman–Crippen MR) is 202 cm³/mol. The van der Waals surface area contributed by atoms with Gasteiger partial charge in [0, 0.05) is 37.2 Å². The first-order valence-electron chi connectivity index (χ1n) is 18.6. The van der Waals surface area contributed by atoms with E-state index in [0.717, 1.165) is 0 Å². The van der Waals surface area contributed by atoms with Gasteiger partial charge in [-0.25, -0.2) is 0 Å². The number of rotatable bonds is 16. The van der Waals surface area contributed by atoms with Crippen LogP contribution in [0.4, 0.5) is 0 Å². The van der Waals surface area contributed by atoms with Gasteiger partial charge in [-0.1, -0.05) is 50.3 Å². The Bertz CT molecular complexity index is 1850. The van der Waals surface area contributed by atoms with Crippen molar-refractivity contribution in [1.29, 1.82) is 0 Å². The van der Waals surface area contributed by atoms with Gasteiger partial charge in [-0.3, -0.25) is 43.3 Å². The second-order valence-corrected chi connectivity index (χ2v) is 15.7. The van der Waals surface area contributed by atoms with Gasteiger partial charge in [0.1, 0.15) is 11.5 Å². The number of allylic oxidation sites excluding steroid dienone is 5. The molecule has 13 nitrogen and oxygen atoms in total. The quantitative estimate of drug-likeness (QED) is 0.141. The first-order chi connectivity index (χ1) is 25.8. The number of phenols is 1. The van der Waals surface area contributed by atoms with Crippen molar-refractivity contribution in [2.24, 2.45) is 34.8 Å². The van der Waals surface area contributed by atoms with Gasteiger partial charge >= 0.3 is 0 Å². The average molecular weight is 761 g/mol. The fraction of sp³-hybridized carbons (Fsp3) is 0.524. The second-order valence-electron chi connectivity index (χ2n) is 15.7. The number of hydrogen-bond acceptors (Lipinski definition) is 12. The summed E-state index contributed by atoms with van der Waals surface area (Å²) in [6, 6.07) is 1.63. The molecule has 0 radical (unpaired) electrons. The number of benzene rings is 1. The van der Waals surface area contributed by atoms with E-state index in [1.165, 1.54) is 49.4 Å². The van der Waals surface area contributed by atoms with Gasteiger partial charge in [0.05, 0.1) is 29.5 Å². The summed E-state index contributed by atoms with van der Waals surface area (Å²) < 4.78 is 0. The number of hydrogen-bond donors (Lipinski definition) is 4. The SMILES string of the molecule is CC=CC(=O)CCC(C)(CCC(=O)C=CC)CCC(=O)CC=Cc1ccc2c(c1O)C(=O)C1C(=O)[C@]3(O)C(=O)C(C(N)=O)C(=O)[C@@H](N(C)C)[C@@H]3[C@@H](O)[C@@H]1[C@H]2C. The summed E-state index contributed by atoms with van der Waals surface area (Å²) in [5.41, 5.74) is 2.05. The van der Waals surface area contributed by atoms with Crippen LogP contribution in [0.15, 0.2) is 42.5 Å². The first-order valence-corrected chi connectivity index (χ1v) is 18.6. The topological polar surface area (TPSA) is 227 Å². The number of nitrogens with zero attached hydrogens (tertiary/aromatic N) is 1. The minimum Gasteiger partial charge on any atom is -0.507 e. The van der Waals surface area contributed by atoms with Crippen molar-refractivity contribution in [2.45, 2.75) is 96.3 Å². The van der Waals surface area contributed by atoms with Crippen molar-refractivity contribution in [3.05, 3.63) is 59.2 Å². The molecule has 4 rings (SSSR count). The smallest absolute Gasteiger partial charge is 0.235 e. The molecule has 1 aromatic rings. The van der Waals surface area contributed by atoms with Crippen LogP contribution in [0.3, 0.4) is 0 Å². The van der Waals surface area contributed by atoms with E-state index in [1.54, 1.807) is 39.0 Å². The van der Waals surface area contributed by atoms with Crippen LogP contribution in [0.1, 0.15) is 100 Å². The Morgan fingerprint density at radius 1 is 0.927 bits per heavy atom. The number of aliphatic hydroxyl groups is 2. The van der Waals surface area contributed by atoms with Gasteiger partial charge in [-0.2, -0.15) is 0 Å². The highest BCUT2D eigenvalue weighted by Gasteiger charge is 2.72. The maximum Gasteiger partial charge on any atom is 0.235 e. The Kier molecular flexibility index (Phi) is 13.3. The zero-order chi connectivity index (χ0) is 41.2. The van der Waals surface area contributed by atoms with Crippen LogP contribution in [0, 0.1) is 29.1 Å². The van der Waals surface area contributed by atoms with Crippen LogP contribution in [-0.4, -0.2) is 98.5 Å². The molecule has 0 aliphatic heterocycles. The first kappa shape index (κ1) is 43.0. The maximum absolute atomic E-state index is 14.2. The molecule has 55 heavy (non-hydrogen) atoms. The summed E-state index contributed by atoms with van der Waals surface area (Å²) in [7, 11) is 2.85. The van der Waals surface area contributed by atoms with Crippen molar-refractivity contribution in [1.82, 2.24) is 4.90 Å². The molecule has 2 fully saturated rings. The third-order valence-electron chi connectivity index (χ3n) is 11.8. The molecule has 3 aliphatic rings. The summed E-state index contributed by atoms with van der Waals surface area (Å²) >= 11 is 0. The van der Waals surface area contributed by atoms with E-state index in [4.69, 9.17) is 5.73 Å². The number of ketones is 7. The van der Waals surface area contributed by atoms with Crippen LogP contribution in [0.2, 0.25) is 0 Å². The predicted octanol–water partition coefficient (Wildman–Crippen LogP) is 3.01. The highest BCUT2D eigenvalue weighted by molar-refractivity contribution is 6.32. The molecule has 0 bridgehead atoms. The fourth-order valence-corrected chi connectivity index (χ4v) is 8.76. The van der Waals surface area contributed by atoms with Gasteiger partial charge in [0.2, 0.25) is 5.91 Å². The highest BCUT2D eigenvalue weighted by Crippen LogP contribution is 2.54. The van der Waals surface area contributed by atoms with Crippen molar-refractivity contribution in [3.8, 4) is 5.75 Å². The van der Waals surface area contributed by atoms with Crippen LogP contribution in [0.5, 0.6) is 5.75 Å². The molecule has 0 spiro atoms. The van der Waals surface area contributed by atoms with E-state index in [1.807, 2.05) is 6.92 Å². The van der Waals surface area contributed by atoms with E-state index >= 15 is 0 Å². The number of Topliss-reactive ketones (excluding diaryl/α,β-unsaturated/α-hetero) is 5. The van der Waals surface area contributed by atoms with Crippen LogP contribution < -0.4 is 5.73 Å². The fourth-order valence-electron chi connectivity index (χ4n) is 8.76. The molecule has 5 N–H and O–H groups in total. The van der Waals surface area contributed by atoms with E-state index in [2.05, 4.69) is 0 Å². The minimum absolute atomic E-state index is 0.0232. The van der Waals surface area contributed by atoms with Gasteiger partial charge in [-0.05, 0) is 76.3 Å². The van der Waals surface area contributed by atoms with Crippen LogP contribution in [-0.2, 0) is 33.6 Å². The van der Waals surface area contributed by atoms with Gasteiger partial charge in [0.25, 0.3) is 0 Å². The number of likely N-dealkylation sites (N-methyl/N-ethyl adjacent to an activating group) is 1. The number of primary amides is 1. The molecular weight excluding hydrogens is 708 g/mol. The summed E-state index contributed by atoms with van der Waals surface area (Å²) in [5.74, 6) is -14.4. The van der Waals surface area contributed by atoms with Gasteiger partial charge in [-0.15, -0.1) is 0 Å². The summed E-state index contributed by atoms with van der Waals surface area (Å²) in [4.78, 5) is 106. The number of nitrogens with two attached hydrogens (primary N) is 1. The molecule has 296 valence electrons. The highest BCUT2D eigenvalue weighted by atomic mass is 16.3. The number of carbonyl (C=O) groups is 8. The number of amides is 1. The van der Waals surface area contributed by atoms with E-state index < -0.39 is 87.5 Å². The Labute approximate surface area is 320 Å². The van der Waals surface area contributed by atoms with E-state index in [9.17, 15) is 53.7 Å². The summed E-state index contributed by atoms with van der Waals surface area (Å²) in [6.07, 6.45) is 9.78. The van der Waals surface area contributed by atoms with Crippen molar-refractivity contribution >= 4 is 52.5 Å². The van der Waals surface area contributed by atoms with Crippen molar-refractivity contribution in [3.63, 3.8) is 0 Å². The van der Waals surface area contributed by atoms with Crippen molar-refractivity contribution < 1.29 is 53.7 Å². The van der Waals surface area contributed by atoms with E-state index in [0.29, 0.717) is 24.8 Å². The Morgan fingerprint density at radius 2 is 1.49 bits per heavy atom. The Hall–Kier alpha value is -4.72. The lowest BCUT2D eigenvalue weighted by molar-refractivity contribution is -0.196. The van der Waals surface area contributed by atoms with Gasteiger partial charge < -0.3 is 21.1 Å². The third kappa shape index (κ3) is 8.15. The normalized spacial score (nSPS) is 29.1. The largest absolute Gasteiger partial charge is 0.507 e. The summed E-state index contributed by atoms with van der Waals surface area (Å²) in [6.45, 7) is 7.10. The number of aromatic hydroxyl groups is 1. The molecule has 0 aromatic heterocycles. The lowest BCUT2D eigenvalue weighted by Crippen LogP contribution is -2.77. The number of phenolic OH excluding ortho intramolecular Hbond substituents is 1. The number of fused-ring (bicyclic) bond motifs is 3. The standard InChI is InChI=1S/C42H52N2O11/c1-7-10-24(45)16-19-41(4,20-17-25(46)11-8-2)21-18-26(47)13-9-12-23-14-15-27-22(3)28-30(35(49)29(27)34(23)48)38(52)42(55)32(36(28)50)33(44(5)6)37(51)31(39(42)53)40(43)54/h7-12,14-15,22,28,30-33,36,48,50,55H,13,16-21H2,1-6H3,(H2,43,54)/t22-,28+,30?,31?,32+,33-,36-,41?,42-/m0/s1. The molecule has 8 atom stereocenters. The molecular formula is C42H52N2O11. The zero-order valence-corrected chi connectivity index (χ0v) is 32.2. The minimum atomic E-state index is -3.09. The molecule has 1 aromatic carbocycles. The molecule has 2 saturated carbocycles. The maximum atomic E-state index is 14.2. The summed E-state index contributed by atoms with van der Waals surface area (Å²) in [5, 5.41) is 35.0. The lowest BCUT2D eigenvalue weighted by atomic mass is 9.49. The molecule has 0 saturated heterocycles. The third-order valence-corrected chi connectivity index (χ3v) is 11.8. The Morgan fingerprint density at radius 3 is 2.02 bits per heavy atom. The number of carbonyl (C=O) groups excluding carboxylic acids is 8. The molecule has 1 amide bonds. The average Bonchev–Trinajstić information content (AvgIpc) is 3.11. The monoisotopic (exact) mass is 760 g/mol. The lowest BCUT2D eigenvalue weighted by Gasteiger charge is -2.56. The van der Waals surface area contributed by atoms with Crippen LogP contribution >= 0.6 is 0 Å². The molecule has 13 heteroatoms. The molecule has 2 unspecified atom stereocenters.